The Bertz CT molecular complexity index is 1410. The second kappa shape index (κ2) is 7.86. The van der Waals surface area contributed by atoms with Crippen molar-refractivity contribution < 1.29 is 33.4 Å². The zero-order valence-electron chi connectivity index (χ0n) is 19.5. The molecule has 0 N–H and O–H groups in total. The van der Waals surface area contributed by atoms with Crippen molar-refractivity contribution >= 4 is 29.1 Å². The summed E-state index contributed by atoms with van der Waals surface area (Å²) in [5.41, 5.74) is -0.881. The highest BCUT2D eigenvalue weighted by molar-refractivity contribution is 6.37. The number of benzene rings is 3. The van der Waals surface area contributed by atoms with Crippen molar-refractivity contribution in [1.82, 2.24) is 0 Å². The number of ether oxygens (including phenoxy) is 3. The van der Waals surface area contributed by atoms with Gasteiger partial charge in [-0.2, -0.15) is 0 Å². The van der Waals surface area contributed by atoms with E-state index in [9.17, 15) is 19.2 Å². The van der Waals surface area contributed by atoms with Crippen LogP contribution in [0.2, 0.25) is 0 Å². The molecule has 0 saturated carbocycles. The normalized spacial score (nSPS) is 23.8. The van der Waals surface area contributed by atoms with Gasteiger partial charge < -0.3 is 14.2 Å². The molecule has 6 rings (SSSR count). The van der Waals surface area contributed by atoms with E-state index in [1.807, 2.05) is 0 Å². The van der Waals surface area contributed by atoms with Crippen LogP contribution in [0.5, 0.6) is 11.5 Å². The number of carbonyl (C=O) groups is 4. The van der Waals surface area contributed by atoms with E-state index in [4.69, 9.17) is 14.2 Å². The van der Waals surface area contributed by atoms with Gasteiger partial charge in [0.2, 0.25) is 29.0 Å². The maximum Gasteiger partial charge on any atom is 0.241 e. The molecule has 8 heteroatoms. The summed E-state index contributed by atoms with van der Waals surface area (Å²) in [5, 5.41) is 0. The first-order valence-corrected chi connectivity index (χ1v) is 11.4. The smallest absolute Gasteiger partial charge is 0.241 e. The molecule has 0 aromatic heterocycles. The summed E-state index contributed by atoms with van der Waals surface area (Å²) in [7, 11) is 2.97. The zero-order chi connectivity index (χ0) is 25.2. The second-order valence-electron chi connectivity index (χ2n) is 8.94. The summed E-state index contributed by atoms with van der Waals surface area (Å²) >= 11 is 0. The Kier molecular flexibility index (Phi) is 4.84. The van der Waals surface area contributed by atoms with Gasteiger partial charge in [0, 0.05) is 11.1 Å². The van der Waals surface area contributed by atoms with Gasteiger partial charge in [-0.3, -0.25) is 19.2 Å². The van der Waals surface area contributed by atoms with Crippen LogP contribution in [0.25, 0.3) is 0 Å². The summed E-state index contributed by atoms with van der Waals surface area (Å²) in [6, 6.07) is 19.8. The lowest BCUT2D eigenvalue weighted by Gasteiger charge is -2.27. The molecular weight excluding hydrogens is 462 g/mol. The van der Waals surface area contributed by atoms with E-state index in [0.717, 1.165) is 4.90 Å². The SMILES string of the molecule is COc1ccc([C@H]2OC3(C(=O)c4ccccc4C3=O)[C@H]3C(=O)N(c4ccccc4)C(=O)[C@H]23)cc1OC. The number of fused-ring (bicyclic) bond motifs is 3. The zero-order valence-corrected chi connectivity index (χ0v) is 19.5. The molecule has 2 heterocycles. The Labute approximate surface area is 206 Å². The first kappa shape index (κ1) is 22.2. The summed E-state index contributed by atoms with van der Waals surface area (Å²) in [6.07, 6.45) is -1.04. The van der Waals surface area contributed by atoms with Gasteiger partial charge in [-0.1, -0.05) is 48.5 Å². The van der Waals surface area contributed by atoms with Crippen LogP contribution < -0.4 is 14.4 Å². The molecule has 0 bridgehead atoms. The van der Waals surface area contributed by atoms with E-state index in [1.54, 1.807) is 72.8 Å². The molecule has 2 amide bonds. The molecule has 0 unspecified atom stereocenters. The maximum absolute atomic E-state index is 13.9. The van der Waals surface area contributed by atoms with Crippen LogP contribution in [-0.4, -0.2) is 43.2 Å². The van der Waals surface area contributed by atoms with Crippen molar-refractivity contribution in [2.45, 2.75) is 11.7 Å². The quantitative estimate of drug-likeness (QED) is 0.414. The molecular formula is C28H21NO7. The van der Waals surface area contributed by atoms with Crippen LogP contribution in [0, 0.1) is 11.8 Å². The summed E-state index contributed by atoms with van der Waals surface area (Å²) in [4.78, 5) is 56.4. The van der Waals surface area contributed by atoms with Crippen molar-refractivity contribution in [3.63, 3.8) is 0 Å². The summed E-state index contributed by atoms with van der Waals surface area (Å²) in [5.74, 6) is -3.90. The highest BCUT2D eigenvalue weighted by Gasteiger charge is 2.74. The lowest BCUT2D eigenvalue weighted by Crippen LogP contribution is -2.51. The number of imide groups is 1. The number of carbonyl (C=O) groups excluding carboxylic acids is 4. The Hall–Kier alpha value is -4.30. The third-order valence-electron chi connectivity index (χ3n) is 7.27. The Morgan fingerprint density at radius 3 is 1.97 bits per heavy atom. The number of hydrogen-bond acceptors (Lipinski definition) is 7. The summed E-state index contributed by atoms with van der Waals surface area (Å²) < 4.78 is 17.0. The molecule has 3 aliphatic rings. The molecule has 2 aliphatic heterocycles. The van der Waals surface area contributed by atoms with Crippen LogP contribution in [0.1, 0.15) is 32.4 Å². The molecule has 0 radical (unpaired) electrons. The fourth-order valence-electron chi connectivity index (χ4n) is 5.68. The van der Waals surface area contributed by atoms with Gasteiger partial charge in [-0.05, 0) is 29.8 Å². The van der Waals surface area contributed by atoms with Gasteiger partial charge in [-0.25, -0.2) is 4.90 Å². The number of methoxy groups -OCH3 is 2. The van der Waals surface area contributed by atoms with Crippen LogP contribution in [0.15, 0.2) is 72.8 Å². The van der Waals surface area contributed by atoms with Crippen molar-refractivity contribution in [1.29, 1.82) is 0 Å². The van der Waals surface area contributed by atoms with Gasteiger partial charge >= 0.3 is 0 Å². The van der Waals surface area contributed by atoms with E-state index in [-0.39, 0.29) is 11.1 Å². The molecule has 1 aliphatic carbocycles. The largest absolute Gasteiger partial charge is 0.493 e. The fourth-order valence-corrected chi connectivity index (χ4v) is 5.68. The van der Waals surface area contributed by atoms with E-state index in [2.05, 4.69) is 0 Å². The fraction of sp³-hybridized carbons (Fsp3) is 0.214. The molecule has 2 fully saturated rings. The Morgan fingerprint density at radius 2 is 1.36 bits per heavy atom. The molecule has 8 nitrogen and oxygen atoms in total. The summed E-state index contributed by atoms with van der Waals surface area (Å²) in [6.45, 7) is 0. The highest BCUT2D eigenvalue weighted by atomic mass is 16.5. The highest BCUT2D eigenvalue weighted by Crippen LogP contribution is 2.58. The van der Waals surface area contributed by atoms with Crippen LogP contribution in [-0.2, 0) is 14.3 Å². The molecule has 180 valence electrons. The minimum Gasteiger partial charge on any atom is -0.493 e. The first-order valence-electron chi connectivity index (χ1n) is 11.4. The van der Waals surface area contributed by atoms with Gasteiger partial charge in [0.1, 0.15) is 0 Å². The number of anilines is 1. The van der Waals surface area contributed by atoms with E-state index in [1.165, 1.54) is 14.2 Å². The second-order valence-corrected chi connectivity index (χ2v) is 8.94. The number of hydrogen-bond donors (Lipinski definition) is 0. The molecule has 1 spiro atoms. The predicted octanol–water partition coefficient (Wildman–Crippen LogP) is 3.40. The first-order chi connectivity index (χ1) is 17.4. The minimum absolute atomic E-state index is 0.188. The van der Waals surface area contributed by atoms with E-state index < -0.39 is 46.9 Å². The lowest BCUT2D eigenvalue weighted by molar-refractivity contribution is -0.127. The van der Waals surface area contributed by atoms with Crippen LogP contribution in [0.4, 0.5) is 5.69 Å². The standard InChI is InChI=1S/C28H21NO7/c1-34-19-13-12-15(14-20(19)35-2)23-21-22(27(33)29(26(21)32)16-8-4-3-5-9-16)28(36-23)24(30)17-10-6-7-11-18(17)25(28)31/h3-14,21-23H,1-2H3/t21-,22+,23+/m0/s1. The molecule has 3 atom stereocenters. The topological polar surface area (TPSA) is 99.2 Å². The monoisotopic (exact) mass is 483 g/mol. The van der Waals surface area contributed by atoms with E-state index >= 15 is 0 Å². The number of para-hydroxylation sites is 1. The van der Waals surface area contributed by atoms with Gasteiger partial charge in [0.15, 0.2) is 11.5 Å². The van der Waals surface area contributed by atoms with Gasteiger partial charge in [-0.15, -0.1) is 0 Å². The lowest BCUT2D eigenvalue weighted by atomic mass is 9.77. The van der Waals surface area contributed by atoms with Crippen molar-refractivity contribution in [2.75, 3.05) is 19.1 Å². The average molecular weight is 483 g/mol. The number of amides is 2. The van der Waals surface area contributed by atoms with Crippen molar-refractivity contribution in [3.8, 4) is 11.5 Å². The minimum atomic E-state index is -2.12. The molecule has 3 aromatic rings. The number of nitrogens with zero attached hydrogens (tertiary/aromatic N) is 1. The maximum atomic E-state index is 13.9. The van der Waals surface area contributed by atoms with Gasteiger partial charge in [0.25, 0.3) is 0 Å². The van der Waals surface area contributed by atoms with Crippen LogP contribution in [0.3, 0.4) is 0 Å². The predicted molar refractivity (Wildman–Crippen MR) is 127 cm³/mol. The van der Waals surface area contributed by atoms with Gasteiger partial charge in [0.05, 0.1) is 37.8 Å². The number of rotatable bonds is 4. The molecule has 2 saturated heterocycles. The number of ketones is 2. The Morgan fingerprint density at radius 1 is 0.750 bits per heavy atom. The average Bonchev–Trinajstić information content (AvgIpc) is 3.48. The Balaban J connectivity index is 1.54. The number of Topliss-reactive ketones (excluding diaryl/α,β-unsaturated/α-hetero) is 2. The van der Waals surface area contributed by atoms with E-state index in [0.29, 0.717) is 22.7 Å². The van der Waals surface area contributed by atoms with Crippen LogP contribution >= 0.6 is 0 Å². The molecule has 3 aromatic carbocycles. The van der Waals surface area contributed by atoms with Crippen molar-refractivity contribution in [3.05, 3.63) is 89.5 Å². The molecule has 36 heavy (non-hydrogen) atoms. The third kappa shape index (κ3) is 2.73. The van der Waals surface area contributed by atoms with Crippen molar-refractivity contribution in [2.24, 2.45) is 11.8 Å². The third-order valence-corrected chi connectivity index (χ3v) is 7.27.